The van der Waals surface area contributed by atoms with Crippen LogP contribution < -0.4 is 5.56 Å². The fourth-order valence-corrected chi connectivity index (χ4v) is 5.73. The van der Waals surface area contributed by atoms with E-state index in [0.717, 1.165) is 5.56 Å². The first kappa shape index (κ1) is 20.3. The van der Waals surface area contributed by atoms with Gasteiger partial charge in [0.15, 0.2) is 15.0 Å². The van der Waals surface area contributed by atoms with Crippen molar-refractivity contribution in [2.24, 2.45) is 0 Å². The molecule has 0 fully saturated rings. The van der Waals surface area contributed by atoms with Gasteiger partial charge in [-0.1, -0.05) is 48.2 Å². The Balaban J connectivity index is 1.64. The highest BCUT2D eigenvalue weighted by molar-refractivity contribution is 8.00. The average Bonchev–Trinajstić information content (AvgIpc) is 2.77. The van der Waals surface area contributed by atoms with Crippen LogP contribution in [0.5, 0.6) is 0 Å². The smallest absolute Gasteiger partial charge is 0.262 e. The molecule has 0 atom stereocenters. The van der Waals surface area contributed by atoms with Crippen molar-refractivity contribution >= 4 is 32.5 Å². The van der Waals surface area contributed by atoms with Gasteiger partial charge in [0.05, 0.1) is 28.1 Å². The van der Waals surface area contributed by atoms with Crippen LogP contribution in [0.25, 0.3) is 10.9 Å². The van der Waals surface area contributed by atoms with Gasteiger partial charge < -0.3 is 0 Å². The molecule has 0 aliphatic carbocycles. The number of hydrogen-bond donors (Lipinski definition) is 0. The molecule has 0 saturated carbocycles. The van der Waals surface area contributed by atoms with Crippen molar-refractivity contribution in [3.63, 3.8) is 0 Å². The van der Waals surface area contributed by atoms with Gasteiger partial charge >= 0.3 is 0 Å². The predicted molar refractivity (Wildman–Crippen MR) is 119 cm³/mol. The second-order valence-corrected chi connectivity index (χ2v) is 9.82. The third-order valence-electron chi connectivity index (χ3n) is 4.58. The standard InChI is InChI=1S/C22H19N3O3S2/c26-21-19-10-4-5-11-20(19)24-22(25(21)16-17-7-6-12-23-15-17)29-13-14-30(27,28)18-8-2-1-3-9-18/h1-12,15H,13-14,16H2. The number of benzene rings is 2. The van der Waals surface area contributed by atoms with E-state index in [2.05, 4.69) is 9.97 Å². The summed E-state index contributed by atoms with van der Waals surface area (Å²) in [6, 6.07) is 19.2. The first-order valence-electron chi connectivity index (χ1n) is 9.34. The van der Waals surface area contributed by atoms with E-state index in [0.29, 0.717) is 27.5 Å². The summed E-state index contributed by atoms with van der Waals surface area (Å²) in [7, 11) is -3.40. The lowest BCUT2D eigenvalue weighted by Crippen LogP contribution is -2.24. The minimum atomic E-state index is -3.40. The summed E-state index contributed by atoms with van der Waals surface area (Å²) in [4.78, 5) is 22.1. The van der Waals surface area contributed by atoms with Crippen LogP contribution in [0.2, 0.25) is 0 Å². The van der Waals surface area contributed by atoms with E-state index in [9.17, 15) is 13.2 Å². The zero-order chi connectivity index (χ0) is 21.0. The van der Waals surface area contributed by atoms with E-state index in [1.54, 1.807) is 65.5 Å². The number of thioether (sulfide) groups is 1. The van der Waals surface area contributed by atoms with E-state index in [4.69, 9.17) is 0 Å². The molecule has 4 rings (SSSR count). The lowest BCUT2D eigenvalue weighted by molar-refractivity contribution is 0.597. The topological polar surface area (TPSA) is 81.9 Å². The molecule has 0 N–H and O–H groups in total. The molecule has 2 aromatic heterocycles. The van der Waals surface area contributed by atoms with Crippen molar-refractivity contribution in [3.8, 4) is 0 Å². The summed E-state index contributed by atoms with van der Waals surface area (Å²) < 4.78 is 26.7. The van der Waals surface area contributed by atoms with Gasteiger partial charge in [-0.2, -0.15) is 0 Å². The fraction of sp³-hybridized carbons (Fsp3) is 0.136. The Kier molecular flexibility index (Phi) is 5.96. The van der Waals surface area contributed by atoms with Crippen LogP contribution in [-0.4, -0.2) is 34.5 Å². The summed E-state index contributed by atoms with van der Waals surface area (Å²) in [5.74, 6) is 0.242. The molecule has 152 valence electrons. The number of rotatable bonds is 7. The Labute approximate surface area is 178 Å². The lowest BCUT2D eigenvalue weighted by Gasteiger charge is -2.13. The van der Waals surface area contributed by atoms with Gasteiger partial charge in [0.25, 0.3) is 5.56 Å². The van der Waals surface area contributed by atoms with Gasteiger partial charge in [0.2, 0.25) is 0 Å². The van der Waals surface area contributed by atoms with Gasteiger partial charge in [0, 0.05) is 18.1 Å². The van der Waals surface area contributed by atoms with Crippen LogP contribution in [0, 0.1) is 0 Å². The van der Waals surface area contributed by atoms with Crippen molar-refractivity contribution in [2.45, 2.75) is 16.6 Å². The number of nitrogens with zero attached hydrogens (tertiary/aromatic N) is 3. The zero-order valence-electron chi connectivity index (χ0n) is 16.0. The quantitative estimate of drug-likeness (QED) is 0.326. The van der Waals surface area contributed by atoms with E-state index < -0.39 is 9.84 Å². The Hall–Kier alpha value is -2.97. The molecule has 0 aliphatic rings. The second-order valence-electron chi connectivity index (χ2n) is 6.64. The van der Waals surface area contributed by atoms with Crippen LogP contribution in [0.1, 0.15) is 5.56 Å². The summed E-state index contributed by atoms with van der Waals surface area (Å²) in [6.45, 7) is 0.318. The molecule has 0 spiro atoms. The van der Waals surface area contributed by atoms with Gasteiger partial charge in [-0.25, -0.2) is 13.4 Å². The number of para-hydroxylation sites is 1. The largest absolute Gasteiger partial charge is 0.283 e. The molecule has 2 aromatic carbocycles. The molecule has 8 heteroatoms. The highest BCUT2D eigenvalue weighted by atomic mass is 32.2. The third kappa shape index (κ3) is 4.44. The molecular weight excluding hydrogens is 418 g/mol. The molecule has 6 nitrogen and oxygen atoms in total. The normalized spacial score (nSPS) is 11.6. The molecule has 30 heavy (non-hydrogen) atoms. The number of fused-ring (bicyclic) bond motifs is 1. The monoisotopic (exact) mass is 437 g/mol. The Morgan fingerprint density at radius 3 is 2.47 bits per heavy atom. The van der Waals surface area contributed by atoms with E-state index in [-0.39, 0.29) is 17.1 Å². The summed E-state index contributed by atoms with van der Waals surface area (Å²) in [6.07, 6.45) is 3.38. The van der Waals surface area contributed by atoms with Crippen molar-refractivity contribution in [1.82, 2.24) is 14.5 Å². The van der Waals surface area contributed by atoms with E-state index >= 15 is 0 Å². The van der Waals surface area contributed by atoms with Crippen LogP contribution in [0.15, 0.2) is 94.0 Å². The maximum atomic E-state index is 13.1. The van der Waals surface area contributed by atoms with Gasteiger partial charge in [-0.3, -0.25) is 14.3 Å². The SMILES string of the molecule is O=c1c2ccccc2nc(SCCS(=O)(=O)c2ccccc2)n1Cc1cccnc1. The number of aromatic nitrogens is 3. The molecule has 4 aromatic rings. The molecular formula is C22H19N3O3S2. The second kappa shape index (κ2) is 8.81. The maximum Gasteiger partial charge on any atom is 0.262 e. The highest BCUT2D eigenvalue weighted by Crippen LogP contribution is 2.20. The molecule has 2 heterocycles. The minimum Gasteiger partial charge on any atom is -0.283 e. The molecule has 0 bridgehead atoms. The van der Waals surface area contributed by atoms with Crippen molar-refractivity contribution in [3.05, 3.63) is 95.0 Å². The highest BCUT2D eigenvalue weighted by Gasteiger charge is 2.16. The fourth-order valence-electron chi connectivity index (χ4n) is 3.06. The maximum absolute atomic E-state index is 13.1. The van der Waals surface area contributed by atoms with Gasteiger partial charge in [-0.15, -0.1) is 0 Å². The lowest BCUT2D eigenvalue weighted by atomic mass is 10.2. The number of pyridine rings is 1. The summed E-state index contributed by atoms with van der Waals surface area (Å²) in [5.41, 5.74) is 1.31. The van der Waals surface area contributed by atoms with E-state index in [1.807, 2.05) is 18.2 Å². The van der Waals surface area contributed by atoms with Crippen LogP contribution in [0.3, 0.4) is 0 Å². The molecule has 0 amide bonds. The number of hydrogen-bond acceptors (Lipinski definition) is 6. The first-order valence-corrected chi connectivity index (χ1v) is 12.0. The summed E-state index contributed by atoms with van der Waals surface area (Å²) in [5, 5.41) is 1.02. The van der Waals surface area contributed by atoms with Crippen molar-refractivity contribution < 1.29 is 8.42 Å². The predicted octanol–water partition coefficient (Wildman–Crippen LogP) is 3.41. The molecule has 0 saturated heterocycles. The Morgan fingerprint density at radius 2 is 1.70 bits per heavy atom. The van der Waals surface area contributed by atoms with Crippen molar-refractivity contribution in [2.75, 3.05) is 11.5 Å². The number of sulfone groups is 1. The Bertz CT molecular complexity index is 1320. The zero-order valence-corrected chi connectivity index (χ0v) is 17.6. The third-order valence-corrected chi connectivity index (χ3v) is 7.54. The minimum absolute atomic E-state index is 0.0444. The molecule has 0 unspecified atom stereocenters. The van der Waals surface area contributed by atoms with Crippen molar-refractivity contribution in [1.29, 1.82) is 0 Å². The van der Waals surface area contributed by atoms with Crippen LogP contribution in [0.4, 0.5) is 0 Å². The average molecular weight is 438 g/mol. The van der Waals surface area contributed by atoms with Gasteiger partial charge in [-0.05, 0) is 35.9 Å². The molecule has 0 radical (unpaired) electrons. The Morgan fingerprint density at radius 1 is 0.933 bits per heavy atom. The van der Waals surface area contributed by atoms with E-state index in [1.165, 1.54) is 11.8 Å². The van der Waals surface area contributed by atoms with Crippen LogP contribution in [-0.2, 0) is 16.4 Å². The summed E-state index contributed by atoms with van der Waals surface area (Å²) >= 11 is 1.27. The molecule has 0 aliphatic heterocycles. The first-order chi connectivity index (χ1) is 14.5. The van der Waals surface area contributed by atoms with Gasteiger partial charge in [0.1, 0.15) is 0 Å². The van der Waals surface area contributed by atoms with Crippen LogP contribution >= 0.6 is 11.8 Å².